The van der Waals surface area contributed by atoms with Crippen LogP contribution in [0.5, 0.6) is 0 Å². The SMILES string of the molecule is c1coc(C2CN(c3ncnc4sc5c(c34)CCC5)CCO2)c1. The molecular weight excluding hydrogens is 310 g/mol. The van der Waals surface area contributed by atoms with Crippen molar-refractivity contribution in [3.05, 3.63) is 40.9 Å². The molecular formula is C17H17N3O2S. The Morgan fingerprint density at radius 1 is 1.26 bits per heavy atom. The van der Waals surface area contributed by atoms with E-state index in [2.05, 4.69) is 14.9 Å². The minimum Gasteiger partial charge on any atom is -0.467 e. The van der Waals surface area contributed by atoms with E-state index in [1.807, 2.05) is 23.5 Å². The average Bonchev–Trinajstić information content (AvgIpc) is 3.31. The monoisotopic (exact) mass is 327 g/mol. The molecule has 5 nitrogen and oxygen atoms in total. The molecule has 2 aliphatic rings. The van der Waals surface area contributed by atoms with Crippen molar-refractivity contribution >= 4 is 27.4 Å². The number of thiophene rings is 1. The molecule has 1 fully saturated rings. The van der Waals surface area contributed by atoms with Crippen molar-refractivity contribution in [2.45, 2.75) is 25.4 Å². The van der Waals surface area contributed by atoms with Gasteiger partial charge >= 0.3 is 0 Å². The second kappa shape index (κ2) is 5.32. The van der Waals surface area contributed by atoms with Crippen LogP contribution in [0.15, 0.2) is 29.1 Å². The first-order chi connectivity index (χ1) is 11.4. The van der Waals surface area contributed by atoms with Gasteiger partial charge in [0.25, 0.3) is 0 Å². The van der Waals surface area contributed by atoms with Gasteiger partial charge in [-0.2, -0.15) is 0 Å². The van der Waals surface area contributed by atoms with Crippen LogP contribution in [0, 0.1) is 0 Å². The third-order valence-corrected chi connectivity index (χ3v) is 5.91. The second-order valence-corrected chi connectivity index (χ2v) is 7.14. The number of anilines is 1. The van der Waals surface area contributed by atoms with Crippen molar-refractivity contribution in [3.8, 4) is 0 Å². The molecule has 23 heavy (non-hydrogen) atoms. The minimum atomic E-state index is -0.0320. The zero-order valence-corrected chi connectivity index (χ0v) is 13.5. The van der Waals surface area contributed by atoms with E-state index >= 15 is 0 Å². The van der Waals surface area contributed by atoms with Crippen LogP contribution < -0.4 is 4.90 Å². The smallest absolute Gasteiger partial charge is 0.141 e. The van der Waals surface area contributed by atoms with Gasteiger partial charge in [-0.1, -0.05) is 0 Å². The Balaban J connectivity index is 1.55. The maximum Gasteiger partial charge on any atom is 0.141 e. The lowest BCUT2D eigenvalue weighted by atomic mass is 10.1. The normalized spacial score (nSPS) is 21.0. The largest absolute Gasteiger partial charge is 0.467 e. The van der Waals surface area contributed by atoms with Gasteiger partial charge in [-0.25, -0.2) is 9.97 Å². The van der Waals surface area contributed by atoms with Gasteiger partial charge in [0.05, 0.1) is 24.8 Å². The van der Waals surface area contributed by atoms with Gasteiger partial charge in [-0.3, -0.25) is 0 Å². The Kier molecular flexibility index (Phi) is 3.12. The Morgan fingerprint density at radius 2 is 2.26 bits per heavy atom. The molecule has 0 amide bonds. The highest BCUT2D eigenvalue weighted by Gasteiger charge is 2.28. The summed E-state index contributed by atoms with van der Waals surface area (Å²) in [4.78, 5) is 14.1. The van der Waals surface area contributed by atoms with Crippen LogP contribution in [0.1, 0.15) is 28.7 Å². The predicted molar refractivity (Wildman–Crippen MR) is 89.1 cm³/mol. The van der Waals surface area contributed by atoms with Gasteiger partial charge in [0.1, 0.15) is 28.8 Å². The third kappa shape index (κ3) is 2.16. The van der Waals surface area contributed by atoms with E-state index in [1.54, 1.807) is 12.6 Å². The Bertz CT molecular complexity index is 843. The first-order valence-corrected chi connectivity index (χ1v) is 8.87. The Hall–Kier alpha value is -1.92. The maximum absolute atomic E-state index is 5.88. The molecule has 0 bridgehead atoms. The lowest BCUT2D eigenvalue weighted by Gasteiger charge is -2.33. The number of furan rings is 1. The summed E-state index contributed by atoms with van der Waals surface area (Å²) in [6.07, 6.45) is 6.96. The Morgan fingerprint density at radius 3 is 3.17 bits per heavy atom. The number of ether oxygens (including phenoxy) is 1. The summed E-state index contributed by atoms with van der Waals surface area (Å²) in [6.45, 7) is 2.31. The highest BCUT2D eigenvalue weighted by Crippen LogP contribution is 2.40. The van der Waals surface area contributed by atoms with Crippen LogP contribution in [0.4, 0.5) is 5.82 Å². The molecule has 118 valence electrons. The van der Waals surface area contributed by atoms with Crippen molar-refractivity contribution in [2.24, 2.45) is 0 Å². The number of morpholine rings is 1. The van der Waals surface area contributed by atoms with Crippen LogP contribution in [-0.2, 0) is 17.6 Å². The molecule has 0 spiro atoms. The van der Waals surface area contributed by atoms with Gasteiger partial charge in [-0.05, 0) is 37.0 Å². The van der Waals surface area contributed by atoms with E-state index in [1.165, 1.54) is 28.7 Å². The first kappa shape index (κ1) is 13.5. The first-order valence-electron chi connectivity index (χ1n) is 8.05. The molecule has 3 aromatic rings. The third-order valence-electron chi connectivity index (χ3n) is 4.71. The standard InChI is InChI=1S/C17H17N3O2S/c1-3-11-14(5-1)23-17-15(11)16(18-10-19-17)20-6-8-22-13(9-20)12-4-2-7-21-12/h2,4,7,10,13H,1,3,5-6,8-9H2. The van der Waals surface area contributed by atoms with E-state index in [0.29, 0.717) is 6.61 Å². The maximum atomic E-state index is 5.88. The summed E-state index contributed by atoms with van der Waals surface area (Å²) < 4.78 is 11.4. The fraction of sp³-hybridized carbons (Fsp3) is 0.412. The van der Waals surface area contributed by atoms with Crippen LogP contribution in [-0.4, -0.2) is 29.7 Å². The van der Waals surface area contributed by atoms with Crippen molar-refractivity contribution < 1.29 is 9.15 Å². The topological polar surface area (TPSA) is 51.4 Å². The highest BCUT2D eigenvalue weighted by atomic mass is 32.1. The van der Waals surface area contributed by atoms with E-state index in [0.717, 1.165) is 35.9 Å². The molecule has 0 aromatic carbocycles. The van der Waals surface area contributed by atoms with Crippen molar-refractivity contribution in [1.82, 2.24) is 9.97 Å². The van der Waals surface area contributed by atoms with Gasteiger partial charge in [-0.15, -0.1) is 11.3 Å². The molecule has 5 rings (SSSR count). The van der Waals surface area contributed by atoms with Crippen molar-refractivity contribution in [2.75, 3.05) is 24.6 Å². The number of hydrogen-bond acceptors (Lipinski definition) is 6. The van der Waals surface area contributed by atoms with Crippen molar-refractivity contribution in [1.29, 1.82) is 0 Å². The molecule has 4 heterocycles. The van der Waals surface area contributed by atoms with Crippen LogP contribution in [0.3, 0.4) is 0 Å². The highest BCUT2D eigenvalue weighted by molar-refractivity contribution is 7.19. The minimum absolute atomic E-state index is 0.0320. The number of aryl methyl sites for hydroxylation is 2. The van der Waals surface area contributed by atoms with E-state index in [4.69, 9.17) is 9.15 Å². The van der Waals surface area contributed by atoms with Crippen molar-refractivity contribution in [3.63, 3.8) is 0 Å². The zero-order chi connectivity index (χ0) is 15.2. The average molecular weight is 327 g/mol. The summed E-state index contributed by atoms with van der Waals surface area (Å²) in [5, 5.41) is 1.27. The quantitative estimate of drug-likeness (QED) is 0.722. The Labute approximate surface area is 137 Å². The lowest BCUT2D eigenvalue weighted by molar-refractivity contribution is 0.0256. The second-order valence-electron chi connectivity index (χ2n) is 6.06. The molecule has 3 aromatic heterocycles. The summed E-state index contributed by atoms with van der Waals surface area (Å²) in [7, 11) is 0. The zero-order valence-electron chi connectivity index (χ0n) is 12.7. The fourth-order valence-electron chi connectivity index (χ4n) is 3.64. The molecule has 0 radical (unpaired) electrons. The van der Waals surface area contributed by atoms with Gasteiger partial charge in [0, 0.05) is 11.4 Å². The predicted octanol–water partition coefficient (Wildman–Crippen LogP) is 3.35. The molecule has 6 heteroatoms. The fourth-order valence-corrected chi connectivity index (χ4v) is 4.86. The molecule has 1 aliphatic heterocycles. The number of fused-ring (bicyclic) bond motifs is 3. The summed E-state index contributed by atoms with van der Waals surface area (Å²) in [5.74, 6) is 1.95. The molecule has 0 N–H and O–H groups in total. The molecule has 1 saturated heterocycles. The van der Waals surface area contributed by atoms with E-state index in [-0.39, 0.29) is 6.10 Å². The molecule has 1 atom stereocenters. The van der Waals surface area contributed by atoms with Gasteiger partial charge in [0.15, 0.2) is 0 Å². The summed E-state index contributed by atoms with van der Waals surface area (Å²) in [6, 6.07) is 3.89. The van der Waals surface area contributed by atoms with E-state index < -0.39 is 0 Å². The molecule has 1 aliphatic carbocycles. The lowest BCUT2D eigenvalue weighted by Crippen LogP contribution is -2.38. The number of rotatable bonds is 2. The molecule has 1 unspecified atom stereocenters. The summed E-state index contributed by atoms with van der Waals surface area (Å²) in [5.41, 5.74) is 1.47. The molecule has 0 saturated carbocycles. The van der Waals surface area contributed by atoms with Gasteiger partial charge < -0.3 is 14.1 Å². The number of hydrogen-bond donors (Lipinski definition) is 0. The van der Waals surface area contributed by atoms with Crippen LogP contribution in [0.25, 0.3) is 10.2 Å². The number of nitrogens with zero attached hydrogens (tertiary/aromatic N) is 3. The van der Waals surface area contributed by atoms with Crippen LogP contribution >= 0.6 is 11.3 Å². The summed E-state index contributed by atoms with van der Waals surface area (Å²) >= 11 is 1.84. The van der Waals surface area contributed by atoms with E-state index in [9.17, 15) is 0 Å². The van der Waals surface area contributed by atoms with Crippen LogP contribution in [0.2, 0.25) is 0 Å². The van der Waals surface area contributed by atoms with Gasteiger partial charge in [0.2, 0.25) is 0 Å². The number of aromatic nitrogens is 2.